The van der Waals surface area contributed by atoms with Crippen molar-refractivity contribution in [1.29, 1.82) is 5.26 Å². The average Bonchev–Trinajstić information content (AvgIpc) is 3.23. The van der Waals surface area contributed by atoms with E-state index in [1.807, 2.05) is 6.07 Å². The van der Waals surface area contributed by atoms with Crippen molar-refractivity contribution in [3.63, 3.8) is 0 Å². The van der Waals surface area contributed by atoms with Crippen LogP contribution in [0.5, 0.6) is 0 Å². The van der Waals surface area contributed by atoms with Crippen LogP contribution in [0.3, 0.4) is 0 Å². The zero-order valence-electron chi connectivity index (χ0n) is 20.2. The van der Waals surface area contributed by atoms with E-state index in [9.17, 15) is 19.2 Å². The Hall–Kier alpha value is -3.53. The molecule has 1 saturated heterocycles. The zero-order valence-corrected chi connectivity index (χ0v) is 21.0. The number of hydrogen-bond donors (Lipinski definition) is 5. The molecule has 3 atom stereocenters. The molecule has 12 heteroatoms. The molecule has 1 aromatic heterocycles. The molecular formula is C24H27FN6O4S. The Kier molecular flexibility index (Phi) is 6.28. The van der Waals surface area contributed by atoms with E-state index in [4.69, 9.17) is 5.26 Å². The number of carbonyl (C=O) groups is 2. The highest BCUT2D eigenvalue weighted by molar-refractivity contribution is 8.29. The zero-order chi connectivity index (χ0) is 26.5. The summed E-state index contributed by atoms with van der Waals surface area (Å²) in [5.74, 6) is -1.10. The maximum atomic E-state index is 15.3. The van der Waals surface area contributed by atoms with Crippen molar-refractivity contribution >= 4 is 34.0 Å². The quantitative estimate of drug-likeness (QED) is 0.415. The van der Waals surface area contributed by atoms with E-state index >= 15 is 4.39 Å². The maximum absolute atomic E-state index is 15.3. The van der Waals surface area contributed by atoms with Crippen LogP contribution in [0.1, 0.15) is 54.4 Å². The number of carboxylic acid groups (broad SMARTS) is 1. The van der Waals surface area contributed by atoms with Gasteiger partial charge in [-0.05, 0) is 63.9 Å². The maximum Gasteiger partial charge on any atom is 0.410 e. The average molecular weight is 515 g/mol. The van der Waals surface area contributed by atoms with Crippen LogP contribution in [0.4, 0.5) is 14.9 Å². The van der Waals surface area contributed by atoms with E-state index in [2.05, 4.69) is 25.3 Å². The smallest absolute Gasteiger partial charge is 0.410 e. The number of anilines is 1. The molecule has 2 amide bonds. The third-order valence-electron chi connectivity index (χ3n) is 6.88. The number of halogens is 1. The minimum Gasteiger partial charge on any atom is -0.465 e. The van der Waals surface area contributed by atoms with E-state index in [1.165, 1.54) is 24.4 Å². The summed E-state index contributed by atoms with van der Waals surface area (Å²) in [4.78, 5) is 33.1. The topological polar surface area (TPSA) is 160 Å². The largest absolute Gasteiger partial charge is 0.465 e. The van der Waals surface area contributed by atoms with Gasteiger partial charge in [-0.1, -0.05) is 10.5 Å². The molecule has 0 spiro atoms. The lowest BCUT2D eigenvalue weighted by Gasteiger charge is -2.56. The number of carbonyl (C=O) groups excluding carboxylic acids is 1. The Morgan fingerprint density at radius 1 is 1.28 bits per heavy atom. The van der Waals surface area contributed by atoms with Gasteiger partial charge >= 0.3 is 6.09 Å². The number of aryl methyl sites for hydroxylation is 1. The van der Waals surface area contributed by atoms with Crippen molar-refractivity contribution in [3.05, 3.63) is 58.7 Å². The van der Waals surface area contributed by atoms with E-state index in [0.717, 1.165) is 0 Å². The Balaban J connectivity index is 1.77. The van der Waals surface area contributed by atoms with Crippen molar-refractivity contribution in [2.24, 2.45) is 4.99 Å². The second-order valence-corrected chi connectivity index (χ2v) is 12.6. The molecule has 2 aliphatic heterocycles. The van der Waals surface area contributed by atoms with Gasteiger partial charge in [0.25, 0.3) is 5.91 Å². The highest BCUT2D eigenvalue weighted by Gasteiger charge is 2.61. The SMILES string of the molecule is Cc1cc(C#N)cnc1C(=O)Nc1ccc(F)c([C@@]2(C)N=C(NC(=O)O)C(C)(C)S3(O)NCC[C@@H]23)c1. The summed E-state index contributed by atoms with van der Waals surface area (Å²) in [5, 5.41) is 22.9. The third-order valence-corrected chi connectivity index (χ3v) is 10.8. The molecule has 2 aromatic rings. The van der Waals surface area contributed by atoms with E-state index in [-0.39, 0.29) is 22.8 Å². The molecule has 0 bridgehead atoms. The van der Waals surface area contributed by atoms with Gasteiger partial charge in [-0.25, -0.2) is 14.2 Å². The number of rotatable bonds is 3. The summed E-state index contributed by atoms with van der Waals surface area (Å²) >= 11 is 0. The number of nitrogens with zero attached hydrogens (tertiary/aromatic N) is 3. The van der Waals surface area contributed by atoms with Crippen LogP contribution >= 0.6 is 10.5 Å². The molecule has 5 N–H and O–H groups in total. The molecule has 190 valence electrons. The van der Waals surface area contributed by atoms with Gasteiger partial charge in [0, 0.05) is 24.0 Å². The second kappa shape index (κ2) is 8.85. The normalized spacial score (nSPS) is 28.1. The fourth-order valence-electron chi connectivity index (χ4n) is 4.92. The van der Waals surface area contributed by atoms with Crippen LogP contribution in [0, 0.1) is 24.1 Å². The Bertz CT molecular complexity index is 1340. The molecule has 0 saturated carbocycles. The number of amides is 2. The minimum absolute atomic E-state index is 0.0342. The third kappa shape index (κ3) is 3.99. The van der Waals surface area contributed by atoms with E-state index in [0.29, 0.717) is 24.1 Å². The summed E-state index contributed by atoms with van der Waals surface area (Å²) in [7, 11) is -2.68. The van der Waals surface area contributed by atoms with Crippen LogP contribution in [-0.4, -0.2) is 49.0 Å². The van der Waals surface area contributed by atoms with Crippen molar-refractivity contribution in [2.75, 3.05) is 11.9 Å². The molecule has 4 rings (SSSR count). The van der Waals surface area contributed by atoms with Gasteiger partial charge in [-0.3, -0.25) is 19.8 Å². The fraction of sp³-hybridized carbons (Fsp3) is 0.375. The van der Waals surface area contributed by atoms with Gasteiger partial charge in [-0.15, -0.1) is 0 Å². The Morgan fingerprint density at radius 3 is 2.64 bits per heavy atom. The van der Waals surface area contributed by atoms with Crippen LogP contribution in [0.2, 0.25) is 0 Å². The molecule has 1 unspecified atom stereocenters. The Morgan fingerprint density at radius 2 is 2.00 bits per heavy atom. The van der Waals surface area contributed by atoms with Gasteiger partial charge in [-0.2, -0.15) is 5.26 Å². The molecule has 0 aliphatic carbocycles. The first-order valence-electron chi connectivity index (χ1n) is 11.2. The summed E-state index contributed by atoms with van der Waals surface area (Å²) in [5.41, 5.74) is 0.0226. The van der Waals surface area contributed by atoms with Crippen molar-refractivity contribution in [2.45, 2.75) is 49.7 Å². The molecule has 36 heavy (non-hydrogen) atoms. The van der Waals surface area contributed by atoms with Gasteiger partial charge in [0.15, 0.2) is 0 Å². The van der Waals surface area contributed by atoms with Crippen molar-refractivity contribution < 1.29 is 23.6 Å². The second-order valence-electron chi connectivity index (χ2n) is 9.50. The molecule has 2 aliphatic rings. The van der Waals surface area contributed by atoms with Gasteiger partial charge in [0.05, 0.1) is 15.6 Å². The summed E-state index contributed by atoms with van der Waals surface area (Å²) < 4.78 is 29.2. The summed E-state index contributed by atoms with van der Waals surface area (Å²) in [6, 6.07) is 7.56. The predicted octanol–water partition coefficient (Wildman–Crippen LogP) is 3.88. The van der Waals surface area contributed by atoms with Crippen LogP contribution in [-0.2, 0) is 5.54 Å². The fourth-order valence-corrected chi connectivity index (χ4v) is 8.32. The molecular weight excluding hydrogens is 487 g/mol. The monoisotopic (exact) mass is 514 g/mol. The molecule has 3 heterocycles. The first-order chi connectivity index (χ1) is 16.8. The number of hydrogen-bond acceptors (Lipinski definition) is 7. The molecule has 1 aromatic carbocycles. The highest BCUT2D eigenvalue weighted by Crippen LogP contribution is 2.67. The molecule has 10 nitrogen and oxygen atoms in total. The minimum atomic E-state index is -2.68. The number of benzene rings is 1. The van der Waals surface area contributed by atoms with Crippen molar-refractivity contribution in [1.82, 2.24) is 15.0 Å². The van der Waals surface area contributed by atoms with Crippen LogP contribution < -0.4 is 15.4 Å². The van der Waals surface area contributed by atoms with Crippen LogP contribution in [0.15, 0.2) is 35.5 Å². The number of nitriles is 1. The number of aromatic nitrogens is 1. The van der Waals surface area contributed by atoms with E-state index < -0.39 is 43.8 Å². The lowest BCUT2D eigenvalue weighted by molar-refractivity contribution is 0.102. The molecule has 0 radical (unpaired) electrons. The number of nitrogens with one attached hydrogen (secondary N) is 3. The van der Waals surface area contributed by atoms with E-state index in [1.54, 1.807) is 33.8 Å². The van der Waals surface area contributed by atoms with Gasteiger partial charge in [0.1, 0.15) is 29.0 Å². The summed E-state index contributed by atoms with van der Waals surface area (Å²) in [6.07, 6.45) is 0.459. The highest BCUT2D eigenvalue weighted by atomic mass is 32.3. The number of amidine groups is 1. The first kappa shape index (κ1) is 25.6. The first-order valence-corrected chi connectivity index (χ1v) is 12.9. The number of pyridine rings is 1. The lowest BCUT2D eigenvalue weighted by Crippen LogP contribution is -2.59. The van der Waals surface area contributed by atoms with Gasteiger partial charge in [0.2, 0.25) is 0 Å². The lowest BCUT2D eigenvalue weighted by atomic mass is 9.85. The predicted molar refractivity (Wildman–Crippen MR) is 135 cm³/mol. The van der Waals surface area contributed by atoms with Crippen LogP contribution in [0.25, 0.3) is 0 Å². The number of aliphatic imine (C=N–C) groups is 1. The van der Waals surface area contributed by atoms with Crippen molar-refractivity contribution in [3.8, 4) is 6.07 Å². The number of fused-ring (bicyclic) bond motifs is 1. The summed E-state index contributed by atoms with van der Waals surface area (Å²) in [6.45, 7) is 7.21. The molecule has 1 fully saturated rings. The Labute approximate surface area is 209 Å². The van der Waals surface area contributed by atoms with Gasteiger partial charge < -0.3 is 15.0 Å². The standard InChI is InChI=1S/C24H27FN6O4S/c1-13-9-14(11-26)12-27-19(13)20(32)29-15-5-6-17(25)16(10-15)24(4)18-7-8-28-36(18,35)23(2,3)21(31-24)30-22(33)34/h5-6,9-10,12,18,28,35H,7-8H2,1-4H3,(H,29,32)(H,30,31)(H,33,34)/t18-,24+/m0/s1.